The Morgan fingerprint density at radius 3 is 2.56 bits per heavy atom. The number of anilines is 1. The van der Waals surface area contributed by atoms with Crippen LogP contribution in [-0.2, 0) is 24.9 Å². The molecule has 1 saturated heterocycles. The number of rotatable bonds is 8. The van der Waals surface area contributed by atoms with Crippen molar-refractivity contribution in [3.8, 4) is 0 Å². The number of carbonyl (C=O) groups excluding carboxylic acids is 1. The molecule has 2 aromatic rings. The predicted molar refractivity (Wildman–Crippen MR) is 140 cm³/mol. The Labute approximate surface area is 208 Å². The molecule has 0 aliphatic carbocycles. The maximum Gasteiger partial charge on any atom is 0.246 e. The van der Waals surface area contributed by atoms with Gasteiger partial charge in [0.05, 0.1) is 18.4 Å². The molecule has 0 spiro atoms. The van der Waals surface area contributed by atoms with E-state index >= 15 is 0 Å². The van der Waals surface area contributed by atoms with Crippen molar-refractivity contribution in [2.75, 3.05) is 44.2 Å². The fourth-order valence-corrected chi connectivity index (χ4v) is 3.80. The molecule has 0 saturated carbocycles. The van der Waals surface area contributed by atoms with Gasteiger partial charge in [0.1, 0.15) is 6.54 Å². The summed E-state index contributed by atoms with van der Waals surface area (Å²) < 4.78 is 1.72. The fraction of sp³-hybridized carbons (Fsp3) is 0.522. The van der Waals surface area contributed by atoms with Crippen molar-refractivity contribution in [2.24, 2.45) is 12.0 Å². The number of nitrogens with one attached hydrogen (secondary N) is 1. The van der Waals surface area contributed by atoms with Gasteiger partial charge in [-0.3, -0.25) is 14.4 Å². The van der Waals surface area contributed by atoms with Crippen LogP contribution in [-0.4, -0.2) is 70.7 Å². The maximum atomic E-state index is 12.8. The summed E-state index contributed by atoms with van der Waals surface area (Å²) in [6, 6.07) is 8.63. The third kappa shape index (κ3) is 6.93. The Bertz CT molecular complexity index is 894. The van der Waals surface area contributed by atoms with Crippen molar-refractivity contribution in [1.29, 1.82) is 0 Å². The van der Waals surface area contributed by atoms with E-state index in [0.29, 0.717) is 19.6 Å². The summed E-state index contributed by atoms with van der Waals surface area (Å²) in [5, 5.41) is 7.53. The highest BCUT2D eigenvalue weighted by Crippen LogP contribution is 2.16. The molecule has 1 amide bonds. The van der Waals surface area contributed by atoms with Crippen molar-refractivity contribution in [3.63, 3.8) is 0 Å². The van der Waals surface area contributed by atoms with Crippen molar-refractivity contribution >= 4 is 41.5 Å². The Balaban J connectivity index is 0.00000363. The molecule has 0 unspecified atom stereocenters. The van der Waals surface area contributed by atoms with Crippen LogP contribution in [0.25, 0.3) is 0 Å². The summed E-state index contributed by atoms with van der Waals surface area (Å²) >= 11 is 0. The van der Waals surface area contributed by atoms with Gasteiger partial charge in [-0.25, -0.2) is 4.99 Å². The normalized spacial score (nSPS) is 14.7. The second-order valence-electron chi connectivity index (χ2n) is 7.79. The minimum Gasteiger partial charge on any atom is -0.356 e. The molecular weight excluding hydrogens is 517 g/mol. The number of nitrogens with zero attached hydrogens (tertiary/aromatic N) is 6. The maximum absolute atomic E-state index is 12.8. The van der Waals surface area contributed by atoms with Crippen LogP contribution in [0.3, 0.4) is 0 Å². The van der Waals surface area contributed by atoms with Crippen molar-refractivity contribution < 1.29 is 4.79 Å². The van der Waals surface area contributed by atoms with Crippen LogP contribution < -0.4 is 10.2 Å². The summed E-state index contributed by atoms with van der Waals surface area (Å²) in [5.41, 5.74) is 3.33. The van der Waals surface area contributed by atoms with E-state index in [1.807, 2.05) is 25.1 Å². The molecule has 3 rings (SSSR count). The number of halogens is 1. The third-order valence-electron chi connectivity index (χ3n) is 5.56. The minimum absolute atomic E-state index is 0. The molecule has 0 bridgehead atoms. The lowest BCUT2D eigenvalue weighted by Gasteiger charge is -2.35. The molecule has 1 aromatic heterocycles. The van der Waals surface area contributed by atoms with Crippen molar-refractivity contribution in [2.45, 2.75) is 33.9 Å². The van der Waals surface area contributed by atoms with Crippen LogP contribution in [0, 0.1) is 0 Å². The zero-order chi connectivity index (χ0) is 22.2. The molecule has 32 heavy (non-hydrogen) atoms. The van der Waals surface area contributed by atoms with Gasteiger partial charge < -0.3 is 15.1 Å². The lowest BCUT2D eigenvalue weighted by molar-refractivity contribution is -0.120. The summed E-state index contributed by atoms with van der Waals surface area (Å²) in [7, 11) is 1.86. The zero-order valence-electron chi connectivity index (χ0n) is 19.6. The first-order chi connectivity index (χ1) is 15.0. The number of aromatic nitrogens is 2. The third-order valence-corrected chi connectivity index (χ3v) is 5.56. The van der Waals surface area contributed by atoms with Gasteiger partial charge in [0.15, 0.2) is 5.96 Å². The van der Waals surface area contributed by atoms with Crippen LogP contribution in [0.15, 0.2) is 41.7 Å². The molecule has 9 heteroatoms. The topological polar surface area (TPSA) is 69.0 Å². The highest BCUT2D eigenvalue weighted by atomic mass is 127. The van der Waals surface area contributed by atoms with Crippen LogP contribution >= 0.6 is 24.0 Å². The summed E-state index contributed by atoms with van der Waals surface area (Å²) in [5.74, 6) is 0.849. The number of hydrogen-bond donors (Lipinski definition) is 1. The standard InChI is InChI=1S/C23H35N7O.HI/c1-5-24-23(25-14-19-9-8-10-20(13-19)16-28(6-2)7-3)29-11-12-30(22(31)18-29)21-15-26-27(4)17-21;/h8-10,13,15,17H,5-7,11-12,14,16,18H2,1-4H3,(H,24,25);1H. The lowest BCUT2D eigenvalue weighted by Crippen LogP contribution is -2.55. The van der Waals surface area contributed by atoms with Gasteiger partial charge in [0, 0.05) is 39.4 Å². The second kappa shape index (κ2) is 12.8. The Hall–Kier alpha value is -2.14. The van der Waals surface area contributed by atoms with E-state index in [2.05, 4.69) is 53.4 Å². The van der Waals surface area contributed by atoms with Gasteiger partial charge in [0.25, 0.3) is 0 Å². The molecule has 8 nitrogen and oxygen atoms in total. The van der Waals surface area contributed by atoms with Crippen LogP contribution in [0.1, 0.15) is 31.9 Å². The van der Waals surface area contributed by atoms with E-state index in [1.54, 1.807) is 15.8 Å². The number of guanidine groups is 1. The second-order valence-corrected chi connectivity index (χ2v) is 7.79. The first-order valence-corrected chi connectivity index (χ1v) is 11.2. The molecule has 1 aliphatic rings. The number of carbonyl (C=O) groups is 1. The van der Waals surface area contributed by atoms with Gasteiger partial charge in [-0.15, -0.1) is 24.0 Å². The first-order valence-electron chi connectivity index (χ1n) is 11.2. The van der Waals surface area contributed by atoms with Crippen LogP contribution in [0.4, 0.5) is 5.69 Å². The number of aliphatic imine (C=N–C) groups is 1. The number of hydrogen-bond acceptors (Lipinski definition) is 4. The lowest BCUT2D eigenvalue weighted by atomic mass is 10.1. The molecule has 1 N–H and O–H groups in total. The molecule has 1 aliphatic heterocycles. The minimum atomic E-state index is 0. The van der Waals surface area contributed by atoms with Gasteiger partial charge in [-0.2, -0.15) is 5.10 Å². The summed E-state index contributed by atoms with van der Waals surface area (Å²) in [6.45, 7) is 12.5. The molecule has 176 valence electrons. The quantitative estimate of drug-likeness (QED) is 0.310. The van der Waals surface area contributed by atoms with E-state index < -0.39 is 0 Å². The first kappa shape index (κ1) is 26.1. The average molecular weight is 553 g/mol. The molecular formula is C23H36IN7O. The van der Waals surface area contributed by atoms with Gasteiger partial charge in [-0.1, -0.05) is 38.1 Å². The van der Waals surface area contributed by atoms with E-state index in [1.165, 1.54) is 11.1 Å². The van der Waals surface area contributed by atoms with E-state index in [4.69, 9.17) is 4.99 Å². The van der Waals surface area contributed by atoms with Crippen molar-refractivity contribution in [3.05, 3.63) is 47.8 Å². The van der Waals surface area contributed by atoms with Gasteiger partial charge >= 0.3 is 0 Å². The number of amides is 1. The van der Waals surface area contributed by atoms with E-state index in [9.17, 15) is 4.79 Å². The largest absolute Gasteiger partial charge is 0.356 e. The monoisotopic (exact) mass is 553 g/mol. The Morgan fingerprint density at radius 1 is 1.19 bits per heavy atom. The summed E-state index contributed by atoms with van der Waals surface area (Å²) in [6.07, 6.45) is 3.61. The zero-order valence-corrected chi connectivity index (χ0v) is 22.0. The van der Waals surface area contributed by atoms with Crippen molar-refractivity contribution in [1.82, 2.24) is 24.9 Å². The Kier molecular flexibility index (Phi) is 10.4. The number of piperazine rings is 1. The van der Waals surface area contributed by atoms with E-state index in [-0.39, 0.29) is 29.9 Å². The molecule has 0 atom stereocenters. The van der Waals surface area contributed by atoms with Crippen LogP contribution in [0.2, 0.25) is 0 Å². The van der Waals surface area contributed by atoms with Crippen LogP contribution in [0.5, 0.6) is 0 Å². The van der Waals surface area contributed by atoms with E-state index in [0.717, 1.165) is 44.4 Å². The average Bonchev–Trinajstić information content (AvgIpc) is 3.21. The SMILES string of the molecule is CCNC(=NCc1cccc(CN(CC)CC)c1)N1CCN(c2cnn(C)c2)C(=O)C1.I. The molecule has 1 aromatic carbocycles. The predicted octanol–water partition coefficient (Wildman–Crippen LogP) is 2.69. The molecule has 2 heterocycles. The highest BCUT2D eigenvalue weighted by molar-refractivity contribution is 14.0. The summed E-state index contributed by atoms with van der Waals surface area (Å²) in [4.78, 5) is 23.8. The Morgan fingerprint density at radius 2 is 1.94 bits per heavy atom. The smallest absolute Gasteiger partial charge is 0.246 e. The highest BCUT2D eigenvalue weighted by Gasteiger charge is 2.27. The van der Waals surface area contributed by atoms with Gasteiger partial charge in [-0.05, 0) is 31.1 Å². The molecule has 1 fully saturated rings. The number of aryl methyl sites for hydroxylation is 1. The molecule has 0 radical (unpaired) electrons. The van der Waals surface area contributed by atoms with Gasteiger partial charge in [0.2, 0.25) is 5.91 Å². The fourth-order valence-electron chi connectivity index (χ4n) is 3.80. The number of benzene rings is 1.